The Balaban J connectivity index is 1.77. The van der Waals surface area contributed by atoms with Crippen LogP contribution in [0.2, 0.25) is 0 Å². The first-order valence-corrected chi connectivity index (χ1v) is 9.43. The maximum Gasteiger partial charge on any atom is 0.166 e. The number of hydrogen-bond donors (Lipinski definition) is 2. The smallest absolute Gasteiger partial charge is 0.166 e. The predicted octanol–water partition coefficient (Wildman–Crippen LogP) is 4.05. The summed E-state index contributed by atoms with van der Waals surface area (Å²) in [5.41, 5.74) is 1.86. The second-order valence-corrected chi connectivity index (χ2v) is 7.21. The average Bonchev–Trinajstić information content (AvgIpc) is 2.72. The van der Waals surface area contributed by atoms with E-state index in [1.807, 2.05) is 30.3 Å². The normalized spacial score (nSPS) is 22.1. The first kappa shape index (κ1) is 19.6. The summed E-state index contributed by atoms with van der Waals surface area (Å²) < 4.78 is 24.1. The average molecular weight is 373 g/mol. The molecule has 2 aromatic carbocycles. The molecule has 0 saturated carbocycles. The highest BCUT2D eigenvalue weighted by molar-refractivity contribution is 5.47. The number of halogens is 1. The van der Waals surface area contributed by atoms with E-state index in [0.717, 1.165) is 30.5 Å². The van der Waals surface area contributed by atoms with Crippen molar-refractivity contribution in [1.29, 1.82) is 0 Å². The van der Waals surface area contributed by atoms with E-state index < -0.39 is 6.10 Å². The molecule has 1 aliphatic rings. The number of para-hydroxylation sites is 1. The number of piperidine rings is 1. The van der Waals surface area contributed by atoms with Crippen LogP contribution in [0.4, 0.5) is 4.39 Å². The summed E-state index contributed by atoms with van der Waals surface area (Å²) in [6.45, 7) is 2.98. The van der Waals surface area contributed by atoms with Crippen molar-refractivity contribution in [2.75, 3.05) is 20.8 Å². The van der Waals surface area contributed by atoms with Crippen molar-refractivity contribution in [3.05, 3.63) is 59.4 Å². The van der Waals surface area contributed by atoms with Gasteiger partial charge < -0.3 is 19.9 Å². The fourth-order valence-corrected chi connectivity index (χ4v) is 4.05. The van der Waals surface area contributed by atoms with Gasteiger partial charge >= 0.3 is 0 Å². The molecular formula is C22H28FNO3. The van der Waals surface area contributed by atoms with Crippen molar-refractivity contribution in [1.82, 2.24) is 5.32 Å². The Kier molecular flexibility index (Phi) is 6.34. The van der Waals surface area contributed by atoms with Gasteiger partial charge in [0.15, 0.2) is 11.5 Å². The van der Waals surface area contributed by atoms with Gasteiger partial charge in [0, 0.05) is 11.6 Å². The number of benzene rings is 2. The molecule has 2 aromatic rings. The van der Waals surface area contributed by atoms with Crippen molar-refractivity contribution in [3.63, 3.8) is 0 Å². The molecule has 2 N–H and O–H groups in total. The van der Waals surface area contributed by atoms with Crippen molar-refractivity contribution >= 4 is 0 Å². The Morgan fingerprint density at radius 2 is 1.85 bits per heavy atom. The van der Waals surface area contributed by atoms with Crippen LogP contribution in [0.15, 0.2) is 42.5 Å². The molecule has 0 radical (unpaired) electrons. The molecular weight excluding hydrogens is 345 g/mol. The van der Waals surface area contributed by atoms with Crippen molar-refractivity contribution in [3.8, 4) is 11.5 Å². The molecule has 0 spiro atoms. The van der Waals surface area contributed by atoms with Crippen LogP contribution in [0, 0.1) is 11.7 Å². The maximum absolute atomic E-state index is 13.2. The van der Waals surface area contributed by atoms with Crippen molar-refractivity contribution in [2.24, 2.45) is 5.92 Å². The second kappa shape index (κ2) is 8.72. The topological polar surface area (TPSA) is 50.7 Å². The third-order valence-electron chi connectivity index (χ3n) is 5.68. The zero-order chi connectivity index (χ0) is 19.4. The number of aliphatic hydroxyl groups excluding tert-OH is 1. The van der Waals surface area contributed by atoms with Gasteiger partial charge in [-0.25, -0.2) is 4.39 Å². The van der Waals surface area contributed by atoms with Crippen LogP contribution in [-0.2, 0) is 0 Å². The molecule has 0 bridgehead atoms. The van der Waals surface area contributed by atoms with Crippen LogP contribution >= 0.6 is 0 Å². The van der Waals surface area contributed by atoms with Gasteiger partial charge in [0.2, 0.25) is 0 Å². The summed E-state index contributed by atoms with van der Waals surface area (Å²) in [7, 11) is 3.19. The fraction of sp³-hybridized carbons (Fsp3) is 0.455. The van der Waals surface area contributed by atoms with Crippen LogP contribution in [0.3, 0.4) is 0 Å². The van der Waals surface area contributed by atoms with Gasteiger partial charge in [0.1, 0.15) is 5.82 Å². The van der Waals surface area contributed by atoms with Gasteiger partial charge in [-0.1, -0.05) is 31.2 Å². The fourth-order valence-electron chi connectivity index (χ4n) is 4.05. The molecule has 1 saturated heterocycles. The molecule has 1 fully saturated rings. The number of rotatable bonds is 6. The highest BCUT2D eigenvalue weighted by Gasteiger charge is 2.32. The van der Waals surface area contributed by atoms with Crippen LogP contribution in [0.25, 0.3) is 0 Å². The molecule has 1 aliphatic heterocycles. The summed E-state index contributed by atoms with van der Waals surface area (Å²) in [6.07, 6.45) is 1.09. The van der Waals surface area contributed by atoms with E-state index in [1.165, 1.54) is 12.1 Å². The highest BCUT2D eigenvalue weighted by atomic mass is 19.1. The van der Waals surface area contributed by atoms with Crippen molar-refractivity contribution in [2.45, 2.75) is 37.8 Å². The first-order valence-electron chi connectivity index (χ1n) is 9.43. The van der Waals surface area contributed by atoms with E-state index >= 15 is 0 Å². The Bertz CT molecular complexity index is 750. The third kappa shape index (κ3) is 4.25. The van der Waals surface area contributed by atoms with Gasteiger partial charge in [-0.2, -0.15) is 0 Å². The third-order valence-corrected chi connectivity index (χ3v) is 5.68. The molecule has 0 aromatic heterocycles. The monoisotopic (exact) mass is 373 g/mol. The van der Waals surface area contributed by atoms with Crippen LogP contribution in [-0.4, -0.2) is 31.9 Å². The lowest BCUT2D eigenvalue weighted by atomic mass is 9.79. The molecule has 4 nitrogen and oxygen atoms in total. The number of nitrogens with one attached hydrogen (secondary N) is 1. The molecule has 0 aliphatic carbocycles. The molecule has 0 amide bonds. The van der Waals surface area contributed by atoms with Gasteiger partial charge in [0.05, 0.1) is 20.3 Å². The lowest BCUT2D eigenvalue weighted by molar-refractivity contribution is 0.0722. The molecule has 1 heterocycles. The van der Waals surface area contributed by atoms with Crippen molar-refractivity contribution < 1.29 is 19.0 Å². The summed E-state index contributed by atoms with van der Waals surface area (Å²) >= 11 is 0. The molecule has 4 atom stereocenters. The first-order chi connectivity index (χ1) is 13.0. The second-order valence-electron chi connectivity index (χ2n) is 7.21. The van der Waals surface area contributed by atoms with Gasteiger partial charge in [-0.15, -0.1) is 0 Å². The summed E-state index contributed by atoms with van der Waals surface area (Å²) in [5.74, 6) is 1.34. The number of methoxy groups -OCH3 is 2. The lowest BCUT2D eigenvalue weighted by Gasteiger charge is -2.37. The molecule has 5 heteroatoms. The molecule has 3 rings (SSSR count). The summed E-state index contributed by atoms with van der Waals surface area (Å²) in [6, 6.07) is 12.5. The van der Waals surface area contributed by atoms with E-state index in [9.17, 15) is 9.50 Å². The summed E-state index contributed by atoms with van der Waals surface area (Å²) in [4.78, 5) is 0. The number of aliphatic hydroxyl groups is 1. The van der Waals surface area contributed by atoms with Gasteiger partial charge in [-0.05, 0) is 55.0 Å². The largest absolute Gasteiger partial charge is 0.493 e. The highest BCUT2D eigenvalue weighted by Crippen LogP contribution is 2.41. The van der Waals surface area contributed by atoms with Gasteiger partial charge in [-0.3, -0.25) is 0 Å². The molecule has 146 valence electrons. The quantitative estimate of drug-likeness (QED) is 0.802. The van der Waals surface area contributed by atoms with E-state index in [4.69, 9.17) is 9.47 Å². The zero-order valence-electron chi connectivity index (χ0n) is 16.1. The minimum Gasteiger partial charge on any atom is -0.493 e. The zero-order valence-corrected chi connectivity index (χ0v) is 16.1. The van der Waals surface area contributed by atoms with E-state index in [0.29, 0.717) is 11.5 Å². The summed E-state index contributed by atoms with van der Waals surface area (Å²) in [5, 5.41) is 14.6. The van der Waals surface area contributed by atoms with E-state index in [-0.39, 0.29) is 23.7 Å². The number of hydrogen-bond acceptors (Lipinski definition) is 4. The lowest BCUT2D eigenvalue weighted by Crippen LogP contribution is -2.42. The van der Waals surface area contributed by atoms with Crippen LogP contribution in [0.5, 0.6) is 11.5 Å². The number of ether oxygens (including phenoxy) is 2. The van der Waals surface area contributed by atoms with Crippen LogP contribution in [0.1, 0.15) is 42.9 Å². The molecule has 27 heavy (non-hydrogen) atoms. The minimum absolute atomic E-state index is 0.111. The maximum atomic E-state index is 13.2. The van der Waals surface area contributed by atoms with Crippen LogP contribution < -0.4 is 14.8 Å². The van der Waals surface area contributed by atoms with Gasteiger partial charge in [0.25, 0.3) is 0 Å². The Morgan fingerprint density at radius 3 is 2.52 bits per heavy atom. The Morgan fingerprint density at radius 1 is 1.11 bits per heavy atom. The standard InChI is InChI=1S/C22H28FNO3/c1-14(15-7-9-17(23)10-8-15)19-13-16(11-12-24-19)21(25)18-5-4-6-20(26-2)22(18)27-3/h4-10,14,16,19,21,24-25H,11-13H2,1-3H3. The molecule has 4 unspecified atom stereocenters. The van der Waals surface area contributed by atoms with E-state index in [1.54, 1.807) is 14.2 Å². The SMILES string of the molecule is COc1cccc(C(O)C2CCNC(C(C)c3ccc(F)cc3)C2)c1OC. The van der Waals surface area contributed by atoms with E-state index in [2.05, 4.69) is 12.2 Å². The Labute approximate surface area is 160 Å². The Hall–Kier alpha value is -2.11. The minimum atomic E-state index is -0.625. The predicted molar refractivity (Wildman–Crippen MR) is 104 cm³/mol.